The summed E-state index contributed by atoms with van der Waals surface area (Å²) in [6.45, 7) is 1.74. The van der Waals surface area contributed by atoms with Crippen molar-refractivity contribution in [1.29, 1.82) is 0 Å². The van der Waals surface area contributed by atoms with Gasteiger partial charge >= 0.3 is 0 Å². The molecule has 1 aliphatic rings. The lowest BCUT2D eigenvalue weighted by Crippen LogP contribution is -2.36. The number of aromatic nitrogens is 1. The molecular formula is C17H15N3O3S2. The fourth-order valence-electron chi connectivity index (χ4n) is 2.22. The Balaban J connectivity index is 1.68. The first-order chi connectivity index (χ1) is 12.1. The average molecular weight is 373 g/mol. The highest BCUT2D eigenvalue weighted by Gasteiger charge is 2.36. The number of amides is 3. The Bertz CT molecular complexity index is 829. The Morgan fingerprint density at radius 2 is 2.04 bits per heavy atom. The summed E-state index contributed by atoms with van der Waals surface area (Å²) < 4.78 is 0. The minimum atomic E-state index is -0.455. The van der Waals surface area contributed by atoms with E-state index in [1.54, 1.807) is 17.7 Å². The van der Waals surface area contributed by atoms with Crippen LogP contribution in [0.3, 0.4) is 0 Å². The van der Waals surface area contributed by atoms with Gasteiger partial charge in [0.05, 0.1) is 4.91 Å². The lowest BCUT2D eigenvalue weighted by atomic mass is 10.1. The number of thioether (sulfide) groups is 1. The lowest BCUT2D eigenvalue weighted by molar-refractivity contribution is -0.127. The largest absolute Gasteiger partial charge is 0.300 e. The molecule has 0 radical (unpaired) electrons. The van der Waals surface area contributed by atoms with E-state index < -0.39 is 17.1 Å². The predicted octanol–water partition coefficient (Wildman–Crippen LogP) is 3.38. The second kappa shape index (κ2) is 7.62. The fraction of sp³-hybridized carbons (Fsp3) is 0.176. The van der Waals surface area contributed by atoms with Gasteiger partial charge in [0, 0.05) is 11.6 Å². The maximum Gasteiger partial charge on any atom is 0.294 e. The third kappa shape index (κ3) is 4.15. The standard InChI is InChI=1S/C17H15N3O3S2/c1-2-11-3-5-12(6-4-11)9-13-15(22)20(17(23)25-13)10-14(21)19-16-18-7-8-24-16/h3-9H,2,10H2,1H3,(H,18,19,21)/b13-9+. The van der Waals surface area contributed by atoms with Crippen LogP contribution in [-0.2, 0) is 16.0 Å². The van der Waals surface area contributed by atoms with E-state index in [9.17, 15) is 14.4 Å². The highest BCUT2D eigenvalue weighted by Crippen LogP contribution is 2.32. The van der Waals surface area contributed by atoms with Gasteiger partial charge in [-0.1, -0.05) is 31.2 Å². The number of carbonyl (C=O) groups excluding carboxylic acids is 3. The minimum absolute atomic E-state index is 0.316. The molecule has 1 aromatic carbocycles. The normalized spacial score (nSPS) is 15.9. The van der Waals surface area contributed by atoms with E-state index in [1.807, 2.05) is 24.3 Å². The van der Waals surface area contributed by atoms with E-state index in [4.69, 9.17) is 0 Å². The monoisotopic (exact) mass is 373 g/mol. The van der Waals surface area contributed by atoms with Gasteiger partial charge in [-0.25, -0.2) is 4.98 Å². The fourth-order valence-corrected chi connectivity index (χ4v) is 3.61. The number of hydrogen-bond acceptors (Lipinski definition) is 6. The number of nitrogens with zero attached hydrogens (tertiary/aromatic N) is 2. The Hall–Kier alpha value is -2.45. The van der Waals surface area contributed by atoms with Crippen molar-refractivity contribution in [2.75, 3.05) is 11.9 Å². The molecule has 1 aliphatic heterocycles. The van der Waals surface area contributed by atoms with E-state index in [1.165, 1.54) is 16.9 Å². The van der Waals surface area contributed by atoms with Gasteiger partial charge in [0.2, 0.25) is 5.91 Å². The molecular weight excluding hydrogens is 358 g/mol. The molecule has 2 aromatic rings. The van der Waals surface area contributed by atoms with Gasteiger partial charge < -0.3 is 5.32 Å². The molecule has 2 heterocycles. The topological polar surface area (TPSA) is 79.4 Å². The van der Waals surface area contributed by atoms with Crippen LogP contribution in [0, 0.1) is 0 Å². The third-order valence-corrected chi connectivity index (χ3v) is 5.14. The van der Waals surface area contributed by atoms with Gasteiger partial charge in [-0.3, -0.25) is 19.3 Å². The third-order valence-electron chi connectivity index (χ3n) is 3.54. The molecule has 1 N–H and O–H groups in total. The van der Waals surface area contributed by atoms with Crippen LogP contribution in [0.5, 0.6) is 0 Å². The number of imide groups is 1. The summed E-state index contributed by atoms with van der Waals surface area (Å²) in [5, 5.41) is 4.27. The first-order valence-electron chi connectivity index (χ1n) is 7.60. The van der Waals surface area contributed by atoms with Crippen molar-refractivity contribution < 1.29 is 14.4 Å². The molecule has 3 rings (SSSR count). The Kier molecular flexibility index (Phi) is 5.30. The van der Waals surface area contributed by atoms with Crippen LogP contribution >= 0.6 is 23.1 Å². The van der Waals surface area contributed by atoms with Crippen molar-refractivity contribution in [3.05, 3.63) is 51.9 Å². The molecule has 0 saturated carbocycles. The number of hydrogen-bond donors (Lipinski definition) is 1. The van der Waals surface area contributed by atoms with Gasteiger partial charge in [-0.05, 0) is 35.4 Å². The highest BCUT2D eigenvalue weighted by atomic mass is 32.2. The molecule has 1 aromatic heterocycles. The van der Waals surface area contributed by atoms with Gasteiger partial charge in [0.1, 0.15) is 6.54 Å². The predicted molar refractivity (Wildman–Crippen MR) is 99.2 cm³/mol. The van der Waals surface area contributed by atoms with Crippen molar-refractivity contribution in [3.8, 4) is 0 Å². The Morgan fingerprint density at radius 3 is 2.68 bits per heavy atom. The van der Waals surface area contributed by atoms with Gasteiger partial charge in [-0.15, -0.1) is 11.3 Å². The molecule has 0 bridgehead atoms. The number of nitrogens with one attached hydrogen (secondary N) is 1. The molecule has 0 aliphatic carbocycles. The summed E-state index contributed by atoms with van der Waals surface area (Å²) in [7, 11) is 0. The summed E-state index contributed by atoms with van der Waals surface area (Å²) in [6, 6.07) is 7.78. The number of benzene rings is 1. The zero-order chi connectivity index (χ0) is 17.8. The average Bonchev–Trinajstić information content (AvgIpc) is 3.20. The van der Waals surface area contributed by atoms with E-state index in [0.29, 0.717) is 10.0 Å². The zero-order valence-corrected chi connectivity index (χ0v) is 15.0. The number of thiazole rings is 1. The quantitative estimate of drug-likeness (QED) is 0.813. The summed E-state index contributed by atoms with van der Waals surface area (Å²) in [5.74, 6) is -0.908. The van der Waals surface area contributed by atoms with E-state index in [2.05, 4.69) is 17.2 Å². The van der Waals surface area contributed by atoms with Crippen LogP contribution < -0.4 is 5.32 Å². The Labute approximate surface area is 152 Å². The molecule has 0 spiro atoms. The zero-order valence-electron chi connectivity index (χ0n) is 13.4. The van der Waals surface area contributed by atoms with Crippen molar-refractivity contribution >= 4 is 51.4 Å². The maximum absolute atomic E-state index is 12.4. The van der Waals surface area contributed by atoms with E-state index in [-0.39, 0.29) is 6.54 Å². The van der Waals surface area contributed by atoms with Gasteiger partial charge in [0.25, 0.3) is 11.1 Å². The molecule has 0 unspecified atom stereocenters. The summed E-state index contributed by atoms with van der Waals surface area (Å²) in [5.41, 5.74) is 2.04. The van der Waals surface area contributed by atoms with Crippen molar-refractivity contribution in [2.24, 2.45) is 0 Å². The molecule has 0 atom stereocenters. The SMILES string of the molecule is CCc1ccc(/C=C2/SC(=O)N(CC(=O)Nc3nccs3)C2=O)cc1. The molecule has 8 heteroatoms. The number of anilines is 1. The van der Waals surface area contributed by atoms with Crippen molar-refractivity contribution in [3.63, 3.8) is 0 Å². The van der Waals surface area contributed by atoms with Crippen LogP contribution in [0.2, 0.25) is 0 Å². The van der Waals surface area contributed by atoms with E-state index in [0.717, 1.165) is 28.6 Å². The summed E-state index contributed by atoms with van der Waals surface area (Å²) >= 11 is 2.11. The van der Waals surface area contributed by atoms with Gasteiger partial charge in [0.15, 0.2) is 5.13 Å². The molecule has 25 heavy (non-hydrogen) atoms. The van der Waals surface area contributed by atoms with Crippen LogP contribution in [0.1, 0.15) is 18.1 Å². The summed E-state index contributed by atoms with van der Waals surface area (Å²) in [4.78, 5) is 41.6. The molecule has 3 amide bonds. The van der Waals surface area contributed by atoms with Crippen LogP contribution in [0.25, 0.3) is 6.08 Å². The second-order valence-electron chi connectivity index (χ2n) is 5.25. The van der Waals surface area contributed by atoms with Gasteiger partial charge in [-0.2, -0.15) is 0 Å². The number of rotatable bonds is 5. The van der Waals surface area contributed by atoms with Crippen molar-refractivity contribution in [1.82, 2.24) is 9.88 Å². The van der Waals surface area contributed by atoms with Crippen LogP contribution in [0.15, 0.2) is 40.7 Å². The second-order valence-corrected chi connectivity index (χ2v) is 7.14. The molecule has 1 fully saturated rings. The smallest absolute Gasteiger partial charge is 0.294 e. The minimum Gasteiger partial charge on any atom is -0.300 e. The Morgan fingerprint density at radius 1 is 1.28 bits per heavy atom. The number of aryl methyl sites for hydroxylation is 1. The molecule has 1 saturated heterocycles. The highest BCUT2D eigenvalue weighted by molar-refractivity contribution is 8.18. The number of carbonyl (C=O) groups is 3. The van der Waals surface area contributed by atoms with E-state index >= 15 is 0 Å². The first kappa shape index (κ1) is 17.4. The molecule has 128 valence electrons. The van der Waals surface area contributed by atoms with Crippen LogP contribution in [-0.4, -0.2) is 33.5 Å². The van der Waals surface area contributed by atoms with Crippen LogP contribution in [0.4, 0.5) is 9.93 Å². The summed E-state index contributed by atoms with van der Waals surface area (Å²) in [6.07, 6.45) is 4.17. The molecule has 6 nitrogen and oxygen atoms in total. The lowest BCUT2D eigenvalue weighted by Gasteiger charge is -2.11. The van der Waals surface area contributed by atoms with Crippen molar-refractivity contribution in [2.45, 2.75) is 13.3 Å². The first-order valence-corrected chi connectivity index (χ1v) is 9.30. The maximum atomic E-state index is 12.4.